The van der Waals surface area contributed by atoms with Gasteiger partial charge >= 0.3 is 0 Å². The monoisotopic (exact) mass is 690 g/mol. The summed E-state index contributed by atoms with van der Waals surface area (Å²) in [6.45, 7) is 4.10. The van der Waals surface area contributed by atoms with Gasteiger partial charge in [-0.3, -0.25) is 0 Å². The maximum absolute atomic E-state index is 13.7. The predicted octanol–water partition coefficient (Wildman–Crippen LogP) is 10.5. The van der Waals surface area contributed by atoms with Gasteiger partial charge in [0.1, 0.15) is 15.0 Å². The van der Waals surface area contributed by atoms with Crippen LogP contribution >= 0.6 is 0 Å². The summed E-state index contributed by atoms with van der Waals surface area (Å²) in [5.41, 5.74) is 1.30. The highest BCUT2D eigenvalue weighted by Gasteiger charge is 2.30. The third-order valence-corrected chi connectivity index (χ3v) is 10.5. The molecule has 4 aromatic rings. The molecule has 0 heterocycles. The molecule has 47 heavy (non-hydrogen) atoms. The summed E-state index contributed by atoms with van der Waals surface area (Å²) in [6, 6.07) is 30.4. The van der Waals surface area contributed by atoms with Crippen LogP contribution in [0.25, 0.3) is 0 Å². The molecule has 0 amide bonds. The quantitative estimate of drug-likeness (QED) is 0.0386. The third-order valence-electron chi connectivity index (χ3n) is 7.39. The predicted molar refractivity (Wildman–Crippen MR) is 178 cm³/mol. The van der Waals surface area contributed by atoms with Crippen molar-refractivity contribution in [2.45, 2.75) is 97.6 Å². The van der Waals surface area contributed by atoms with Crippen LogP contribution in [0.3, 0.4) is 0 Å². The molecule has 0 spiro atoms. The first kappa shape index (κ1) is 38.1. The SMILES string of the molecule is CCCCCCCCCCCCOc1c(F)c(F)c(S(=O)(=O)[O-])c(F)c1F.Cc1ccc([S+](c2ccccc2)c2ccccc2)cc1. The summed E-state index contributed by atoms with van der Waals surface area (Å²) in [5, 5.41) is 0. The topological polar surface area (TPSA) is 66.4 Å². The zero-order valence-corrected chi connectivity index (χ0v) is 28.5. The van der Waals surface area contributed by atoms with Crippen LogP contribution in [0.4, 0.5) is 17.6 Å². The van der Waals surface area contributed by atoms with E-state index in [9.17, 15) is 30.5 Å². The fourth-order valence-electron chi connectivity index (χ4n) is 4.90. The van der Waals surface area contributed by atoms with E-state index >= 15 is 0 Å². The van der Waals surface area contributed by atoms with Gasteiger partial charge in [-0.05, 0) is 49.7 Å². The molecule has 0 fully saturated rings. The molecule has 4 rings (SSSR count). The highest BCUT2D eigenvalue weighted by Crippen LogP contribution is 2.33. The molecule has 10 heteroatoms. The number of unbranched alkanes of at least 4 members (excludes halogenated alkanes) is 9. The first-order chi connectivity index (χ1) is 22.6. The first-order valence-corrected chi connectivity index (χ1v) is 18.5. The highest BCUT2D eigenvalue weighted by atomic mass is 32.2. The molecule has 254 valence electrons. The second kappa shape index (κ2) is 19.5. The van der Waals surface area contributed by atoms with Crippen molar-refractivity contribution < 1.29 is 35.3 Å². The van der Waals surface area contributed by atoms with Crippen molar-refractivity contribution in [3.8, 4) is 5.75 Å². The largest absolute Gasteiger partial charge is 0.744 e. The lowest BCUT2D eigenvalue weighted by atomic mass is 10.1. The number of halogens is 4. The number of ether oxygens (including phenoxy) is 1. The normalized spacial score (nSPS) is 11.3. The van der Waals surface area contributed by atoms with Gasteiger partial charge in [-0.25, -0.2) is 17.2 Å². The van der Waals surface area contributed by atoms with Gasteiger partial charge < -0.3 is 9.29 Å². The molecule has 0 aliphatic carbocycles. The van der Waals surface area contributed by atoms with Gasteiger partial charge in [-0.2, -0.15) is 8.78 Å². The highest BCUT2D eigenvalue weighted by molar-refractivity contribution is 7.97. The van der Waals surface area contributed by atoms with Crippen molar-refractivity contribution in [2.24, 2.45) is 0 Å². The Hall–Kier alpha value is -3.34. The van der Waals surface area contributed by atoms with E-state index in [1.165, 1.54) is 52.4 Å². The number of benzene rings is 4. The van der Waals surface area contributed by atoms with E-state index in [2.05, 4.69) is 98.8 Å². The van der Waals surface area contributed by atoms with Crippen molar-refractivity contribution in [1.29, 1.82) is 0 Å². The average Bonchev–Trinajstić information content (AvgIpc) is 3.06. The van der Waals surface area contributed by atoms with Gasteiger partial charge in [-0.1, -0.05) is 119 Å². The Morgan fingerprint density at radius 2 is 1.00 bits per heavy atom. The van der Waals surface area contributed by atoms with Gasteiger partial charge in [0.05, 0.1) is 17.5 Å². The summed E-state index contributed by atoms with van der Waals surface area (Å²) in [4.78, 5) is 1.92. The lowest BCUT2D eigenvalue weighted by Gasteiger charge is -2.14. The summed E-state index contributed by atoms with van der Waals surface area (Å²) in [5.74, 6) is -9.97. The Morgan fingerprint density at radius 3 is 1.43 bits per heavy atom. The van der Waals surface area contributed by atoms with E-state index in [0.29, 0.717) is 6.42 Å². The van der Waals surface area contributed by atoms with Crippen LogP contribution < -0.4 is 4.74 Å². The van der Waals surface area contributed by atoms with Crippen molar-refractivity contribution in [2.75, 3.05) is 6.61 Å². The lowest BCUT2D eigenvalue weighted by Crippen LogP contribution is -2.13. The summed E-state index contributed by atoms with van der Waals surface area (Å²) in [7, 11) is -5.73. The van der Waals surface area contributed by atoms with E-state index in [1.54, 1.807) is 0 Å². The fourth-order valence-corrected chi connectivity index (χ4v) is 7.60. The minimum absolute atomic E-state index is 0.0229. The minimum atomic E-state index is -5.71. The van der Waals surface area contributed by atoms with Crippen molar-refractivity contribution in [1.82, 2.24) is 0 Å². The fraction of sp³-hybridized carbons (Fsp3) is 0.351. The van der Waals surface area contributed by atoms with Crippen molar-refractivity contribution in [3.05, 3.63) is 114 Å². The molecule has 0 N–H and O–H groups in total. The molecule has 0 aliphatic rings. The Morgan fingerprint density at radius 1 is 0.596 bits per heavy atom. The molecule has 0 radical (unpaired) electrons. The zero-order chi connectivity index (χ0) is 34.2. The maximum atomic E-state index is 13.7. The second-order valence-electron chi connectivity index (χ2n) is 11.1. The Bertz CT molecular complexity index is 1550. The van der Waals surface area contributed by atoms with Crippen LogP contribution in [0.15, 0.2) is 105 Å². The van der Waals surface area contributed by atoms with Crippen LogP contribution in [0, 0.1) is 30.2 Å². The molecule has 0 bridgehead atoms. The molecule has 4 nitrogen and oxygen atoms in total. The summed E-state index contributed by atoms with van der Waals surface area (Å²) >= 11 is 0. The molecule has 0 unspecified atom stereocenters. The lowest BCUT2D eigenvalue weighted by molar-refractivity contribution is 0.258. The van der Waals surface area contributed by atoms with E-state index in [4.69, 9.17) is 4.74 Å². The third kappa shape index (κ3) is 11.7. The van der Waals surface area contributed by atoms with Crippen LogP contribution in [0.1, 0.15) is 76.7 Å². The molecule has 0 aliphatic heterocycles. The number of hydrogen-bond acceptors (Lipinski definition) is 4. The van der Waals surface area contributed by atoms with Gasteiger partial charge in [0.25, 0.3) is 0 Å². The van der Waals surface area contributed by atoms with Gasteiger partial charge in [-0.15, -0.1) is 0 Å². The number of hydrogen-bond donors (Lipinski definition) is 0. The molecule has 0 atom stereocenters. The maximum Gasteiger partial charge on any atom is 0.205 e. The zero-order valence-electron chi connectivity index (χ0n) is 26.8. The standard InChI is InChI=1S/C19H17S.C18H26F4O4S/c1-16-12-14-19(15-13-16)20(17-8-4-2-5-9-17)18-10-6-3-7-11-18;1-2-3-4-5-6-7-8-9-10-11-12-26-17-13(19)15(21)18(27(23,24)25)16(22)14(17)20/h2-15H,1H3;2-12H2,1H3,(H,23,24,25)/q+1;/p-1. The molecular weight excluding hydrogens is 649 g/mol. The summed E-state index contributed by atoms with van der Waals surface area (Å²) in [6.07, 6.45) is 10.2. The second-order valence-corrected chi connectivity index (χ2v) is 14.5. The molecule has 0 saturated heterocycles. The van der Waals surface area contributed by atoms with Crippen LogP contribution in [-0.4, -0.2) is 19.6 Å². The van der Waals surface area contributed by atoms with E-state index in [1.807, 2.05) is 0 Å². The van der Waals surface area contributed by atoms with Crippen molar-refractivity contribution >= 4 is 21.0 Å². The smallest absolute Gasteiger partial charge is 0.205 e. The Labute approximate surface area is 279 Å². The molecule has 0 aromatic heterocycles. The van der Waals surface area contributed by atoms with E-state index in [-0.39, 0.29) is 17.5 Å². The van der Waals surface area contributed by atoms with Crippen LogP contribution in [0.2, 0.25) is 0 Å². The molecular formula is C37H42F4O4S2. The molecule has 0 saturated carbocycles. The Balaban J connectivity index is 0.000000265. The Kier molecular flexibility index (Phi) is 15.8. The first-order valence-electron chi connectivity index (χ1n) is 15.9. The molecule has 4 aromatic carbocycles. The van der Waals surface area contributed by atoms with Crippen molar-refractivity contribution in [3.63, 3.8) is 0 Å². The summed E-state index contributed by atoms with van der Waals surface area (Å²) < 4.78 is 91.6. The van der Waals surface area contributed by atoms with Crippen LogP contribution in [-0.2, 0) is 21.0 Å². The van der Waals surface area contributed by atoms with Gasteiger partial charge in [0, 0.05) is 0 Å². The average molecular weight is 691 g/mol. The van der Waals surface area contributed by atoms with E-state index in [0.717, 1.165) is 25.7 Å². The van der Waals surface area contributed by atoms with E-state index < -0.39 is 44.0 Å². The van der Waals surface area contributed by atoms with Gasteiger partial charge in [0.2, 0.25) is 11.6 Å². The minimum Gasteiger partial charge on any atom is -0.744 e. The van der Waals surface area contributed by atoms with Crippen LogP contribution in [0.5, 0.6) is 5.75 Å². The van der Waals surface area contributed by atoms with Gasteiger partial charge in [0.15, 0.2) is 32.1 Å². The number of rotatable bonds is 16. The number of aryl methyl sites for hydroxylation is 1.